The highest BCUT2D eigenvalue weighted by atomic mass is 79.9. The van der Waals surface area contributed by atoms with Crippen LogP contribution in [0.2, 0.25) is 0 Å². The van der Waals surface area contributed by atoms with Crippen LogP contribution in [-0.4, -0.2) is 25.4 Å². The molecule has 0 saturated carbocycles. The van der Waals surface area contributed by atoms with Crippen molar-refractivity contribution >= 4 is 21.9 Å². The van der Waals surface area contributed by atoms with Gasteiger partial charge in [-0.1, -0.05) is 0 Å². The molecule has 18 heavy (non-hydrogen) atoms. The first kappa shape index (κ1) is 14.8. The van der Waals surface area contributed by atoms with E-state index in [0.717, 1.165) is 0 Å². The topological polar surface area (TPSA) is 35.5 Å². The van der Waals surface area contributed by atoms with Crippen molar-refractivity contribution in [3.05, 3.63) is 28.2 Å². The van der Waals surface area contributed by atoms with Gasteiger partial charge in [-0.05, 0) is 41.1 Å². The molecule has 1 rings (SSSR count). The minimum atomic E-state index is -4.43. The summed E-state index contributed by atoms with van der Waals surface area (Å²) < 4.78 is 45.7. The number of esters is 1. The number of hydrogen-bond acceptors (Lipinski definition) is 3. The lowest BCUT2D eigenvalue weighted by atomic mass is 10.2. The van der Waals surface area contributed by atoms with Crippen LogP contribution in [-0.2, 0) is 4.74 Å². The molecule has 0 fully saturated rings. The Morgan fingerprint density at radius 2 is 2.06 bits per heavy atom. The maximum atomic E-state index is 12.0. The number of ether oxygens (including phenoxy) is 2. The summed E-state index contributed by atoms with van der Waals surface area (Å²) in [5.74, 6) is -0.667. The average Bonchev–Trinajstić information content (AvgIpc) is 2.27. The van der Waals surface area contributed by atoms with E-state index in [1.807, 2.05) is 0 Å². The second-order valence-electron chi connectivity index (χ2n) is 3.27. The zero-order valence-electron chi connectivity index (χ0n) is 9.38. The van der Waals surface area contributed by atoms with Gasteiger partial charge in [-0.25, -0.2) is 4.79 Å². The summed E-state index contributed by atoms with van der Waals surface area (Å²) in [4.78, 5) is 11.4. The molecule has 0 bridgehead atoms. The molecule has 0 heterocycles. The van der Waals surface area contributed by atoms with Crippen LogP contribution in [0.4, 0.5) is 13.2 Å². The zero-order chi connectivity index (χ0) is 13.8. The molecule has 0 aromatic heterocycles. The summed E-state index contributed by atoms with van der Waals surface area (Å²) in [5, 5.41) is 0. The Morgan fingerprint density at radius 1 is 1.39 bits per heavy atom. The van der Waals surface area contributed by atoms with Crippen LogP contribution in [0.3, 0.4) is 0 Å². The first-order valence-corrected chi connectivity index (χ1v) is 5.79. The van der Waals surface area contributed by atoms with E-state index in [1.54, 1.807) is 6.92 Å². The molecule has 0 saturated heterocycles. The monoisotopic (exact) mass is 326 g/mol. The number of carbonyl (C=O) groups excluding carboxylic acids is 1. The van der Waals surface area contributed by atoms with Crippen LogP contribution >= 0.6 is 15.9 Å². The first-order chi connectivity index (χ1) is 8.33. The van der Waals surface area contributed by atoms with E-state index in [2.05, 4.69) is 20.7 Å². The van der Waals surface area contributed by atoms with Gasteiger partial charge in [-0.2, -0.15) is 13.2 Å². The lowest BCUT2D eigenvalue weighted by molar-refractivity contribution is -0.153. The Labute approximate surface area is 110 Å². The summed E-state index contributed by atoms with van der Waals surface area (Å²) in [6.07, 6.45) is -4.43. The molecule has 0 aliphatic carbocycles. The quantitative estimate of drug-likeness (QED) is 0.793. The van der Waals surface area contributed by atoms with Crippen LogP contribution in [0.15, 0.2) is 22.7 Å². The molecular formula is C11H10BrF3O3. The normalized spacial score (nSPS) is 11.2. The lowest BCUT2D eigenvalue weighted by Gasteiger charge is -2.11. The van der Waals surface area contributed by atoms with Gasteiger partial charge in [0.25, 0.3) is 0 Å². The maximum absolute atomic E-state index is 12.0. The SMILES string of the molecule is CCOC(=O)c1ccc(Br)c(OCC(F)(F)F)c1. The zero-order valence-corrected chi connectivity index (χ0v) is 11.0. The second-order valence-corrected chi connectivity index (χ2v) is 4.12. The van der Waals surface area contributed by atoms with Crippen LogP contribution < -0.4 is 4.74 Å². The number of halogens is 4. The molecule has 0 atom stereocenters. The van der Waals surface area contributed by atoms with Gasteiger partial charge in [0.05, 0.1) is 16.6 Å². The van der Waals surface area contributed by atoms with E-state index in [1.165, 1.54) is 18.2 Å². The molecule has 7 heteroatoms. The Hall–Kier alpha value is -1.24. The van der Waals surface area contributed by atoms with E-state index in [-0.39, 0.29) is 17.9 Å². The van der Waals surface area contributed by atoms with Crippen molar-refractivity contribution in [2.45, 2.75) is 13.1 Å². The fraction of sp³-hybridized carbons (Fsp3) is 0.364. The minimum absolute atomic E-state index is 0.0575. The van der Waals surface area contributed by atoms with Gasteiger partial charge in [-0.3, -0.25) is 0 Å². The van der Waals surface area contributed by atoms with E-state index < -0.39 is 18.8 Å². The third kappa shape index (κ3) is 4.56. The largest absolute Gasteiger partial charge is 0.483 e. The Bertz CT molecular complexity index is 432. The van der Waals surface area contributed by atoms with Gasteiger partial charge in [0.15, 0.2) is 6.61 Å². The number of rotatable bonds is 4. The third-order valence-corrected chi connectivity index (χ3v) is 2.49. The van der Waals surface area contributed by atoms with E-state index in [9.17, 15) is 18.0 Å². The predicted octanol–water partition coefficient (Wildman–Crippen LogP) is 3.57. The Morgan fingerprint density at radius 3 is 2.61 bits per heavy atom. The van der Waals surface area contributed by atoms with Crippen molar-refractivity contribution in [1.82, 2.24) is 0 Å². The van der Waals surface area contributed by atoms with Gasteiger partial charge in [0, 0.05) is 0 Å². The van der Waals surface area contributed by atoms with Gasteiger partial charge >= 0.3 is 12.1 Å². The highest BCUT2D eigenvalue weighted by Gasteiger charge is 2.28. The van der Waals surface area contributed by atoms with Crippen molar-refractivity contribution in [2.24, 2.45) is 0 Å². The maximum Gasteiger partial charge on any atom is 0.422 e. The van der Waals surface area contributed by atoms with Crippen LogP contribution in [0, 0.1) is 0 Å². The van der Waals surface area contributed by atoms with Crippen LogP contribution in [0.25, 0.3) is 0 Å². The lowest BCUT2D eigenvalue weighted by Crippen LogP contribution is -2.19. The fourth-order valence-corrected chi connectivity index (χ4v) is 1.48. The molecule has 0 unspecified atom stereocenters. The van der Waals surface area contributed by atoms with Crippen molar-refractivity contribution in [3.63, 3.8) is 0 Å². The van der Waals surface area contributed by atoms with Crippen LogP contribution in [0.5, 0.6) is 5.75 Å². The minimum Gasteiger partial charge on any atom is -0.483 e. The number of hydrogen-bond donors (Lipinski definition) is 0. The molecule has 1 aromatic rings. The van der Waals surface area contributed by atoms with Crippen molar-refractivity contribution in [3.8, 4) is 5.75 Å². The molecule has 100 valence electrons. The summed E-state index contributed by atoms with van der Waals surface area (Å²) in [7, 11) is 0. The standard InChI is InChI=1S/C11H10BrF3O3/c1-2-17-10(16)7-3-4-8(12)9(5-7)18-6-11(13,14)15/h3-5H,2,6H2,1H3. The molecule has 0 radical (unpaired) electrons. The molecule has 3 nitrogen and oxygen atoms in total. The summed E-state index contributed by atoms with van der Waals surface area (Å²) in [5.41, 5.74) is 0.136. The van der Waals surface area contributed by atoms with Crippen LogP contribution in [0.1, 0.15) is 17.3 Å². The Kier molecular flexibility index (Phi) is 5.01. The van der Waals surface area contributed by atoms with Gasteiger partial charge < -0.3 is 9.47 Å². The molecule has 0 aliphatic heterocycles. The predicted molar refractivity (Wildman–Crippen MR) is 61.6 cm³/mol. The Balaban J connectivity index is 2.84. The van der Waals surface area contributed by atoms with Gasteiger partial charge in [-0.15, -0.1) is 0 Å². The number of alkyl halides is 3. The molecule has 0 N–H and O–H groups in total. The van der Waals surface area contributed by atoms with Crippen molar-refractivity contribution < 1.29 is 27.4 Å². The summed E-state index contributed by atoms with van der Waals surface area (Å²) in [6.45, 7) is 0.406. The smallest absolute Gasteiger partial charge is 0.422 e. The highest BCUT2D eigenvalue weighted by molar-refractivity contribution is 9.10. The van der Waals surface area contributed by atoms with E-state index >= 15 is 0 Å². The molecule has 0 amide bonds. The highest BCUT2D eigenvalue weighted by Crippen LogP contribution is 2.28. The summed E-state index contributed by atoms with van der Waals surface area (Å²) in [6, 6.07) is 4.06. The van der Waals surface area contributed by atoms with Gasteiger partial charge in [0.2, 0.25) is 0 Å². The summed E-state index contributed by atoms with van der Waals surface area (Å²) >= 11 is 3.04. The fourth-order valence-electron chi connectivity index (χ4n) is 1.11. The number of benzene rings is 1. The number of carbonyl (C=O) groups is 1. The molecule has 0 spiro atoms. The molecule has 1 aromatic carbocycles. The molecule has 0 aliphatic rings. The third-order valence-electron chi connectivity index (χ3n) is 1.83. The first-order valence-electron chi connectivity index (χ1n) is 4.99. The van der Waals surface area contributed by atoms with E-state index in [0.29, 0.717) is 4.47 Å². The second kappa shape index (κ2) is 6.08. The van der Waals surface area contributed by atoms with Crippen molar-refractivity contribution in [1.29, 1.82) is 0 Å². The average molecular weight is 327 g/mol. The van der Waals surface area contributed by atoms with Crippen molar-refractivity contribution in [2.75, 3.05) is 13.2 Å². The van der Waals surface area contributed by atoms with E-state index in [4.69, 9.17) is 4.74 Å². The molecular weight excluding hydrogens is 317 g/mol. The van der Waals surface area contributed by atoms with Gasteiger partial charge in [0.1, 0.15) is 5.75 Å².